The van der Waals surface area contributed by atoms with E-state index >= 15 is 0 Å². The van der Waals surface area contributed by atoms with Crippen molar-refractivity contribution in [2.24, 2.45) is 12.5 Å². The topological polar surface area (TPSA) is 29.9 Å². The Bertz CT molecular complexity index is 328. The van der Waals surface area contributed by atoms with Crippen LogP contribution in [0, 0.1) is 5.41 Å². The number of hydrogen-bond acceptors (Lipinski definition) is 2. The molecule has 0 spiro atoms. The first-order valence-corrected chi connectivity index (χ1v) is 6.64. The summed E-state index contributed by atoms with van der Waals surface area (Å²) in [7, 11) is 2.07. The van der Waals surface area contributed by atoms with Gasteiger partial charge >= 0.3 is 0 Å². The predicted molar refractivity (Wildman–Crippen MR) is 73.1 cm³/mol. The molecule has 1 heterocycles. The van der Waals surface area contributed by atoms with Crippen LogP contribution in [0.4, 0.5) is 0 Å². The number of rotatable bonds is 7. The molecule has 0 fully saturated rings. The summed E-state index contributed by atoms with van der Waals surface area (Å²) in [5, 5.41) is 3.49. The molecule has 0 aliphatic heterocycles. The molecule has 98 valence electrons. The second kappa shape index (κ2) is 6.20. The first kappa shape index (κ1) is 14.2. The molecule has 0 saturated carbocycles. The van der Waals surface area contributed by atoms with E-state index in [2.05, 4.69) is 49.6 Å². The minimum Gasteiger partial charge on any atom is -0.338 e. The highest BCUT2D eigenvalue weighted by Gasteiger charge is 2.21. The molecule has 1 atom stereocenters. The fourth-order valence-electron chi connectivity index (χ4n) is 2.44. The van der Waals surface area contributed by atoms with Gasteiger partial charge in [0, 0.05) is 31.9 Å². The van der Waals surface area contributed by atoms with Gasteiger partial charge in [0.1, 0.15) is 5.82 Å². The fraction of sp³-hybridized carbons (Fsp3) is 0.786. The Hall–Kier alpha value is -0.830. The summed E-state index contributed by atoms with van der Waals surface area (Å²) in [5.74, 6) is 1.19. The molecular weight excluding hydrogens is 210 g/mol. The van der Waals surface area contributed by atoms with Gasteiger partial charge in [0.25, 0.3) is 0 Å². The second-order valence-electron chi connectivity index (χ2n) is 5.78. The van der Waals surface area contributed by atoms with Crippen molar-refractivity contribution in [1.29, 1.82) is 0 Å². The number of nitrogens with one attached hydrogen (secondary N) is 1. The largest absolute Gasteiger partial charge is 0.338 e. The lowest BCUT2D eigenvalue weighted by atomic mass is 9.81. The molecule has 0 aliphatic carbocycles. The normalized spacial score (nSPS) is 13.9. The minimum absolute atomic E-state index is 0.369. The van der Waals surface area contributed by atoms with Crippen molar-refractivity contribution in [2.45, 2.75) is 53.0 Å². The maximum atomic E-state index is 4.38. The second-order valence-corrected chi connectivity index (χ2v) is 5.78. The van der Waals surface area contributed by atoms with Crippen molar-refractivity contribution >= 4 is 0 Å². The Morgan fingerprint density at radius 1 is 1.47 bits per heavy atom. The molecule has 1 aromatic rings. The first-order valence-electron chi connectivity index (χ1n) is 6.64. The molecule has 0 bridgehead atoms. The van der Waals surface area contributed by atoms with Gasteiger partial charge in [0.05, 0.1) is 0 Å². The Labute approximate surface area is 106 Å². The summed E-state index contributed by atoms with van der Waals surface area (Å²) < 4.78 is 2.11. The van der Waals surface area contributed by atoms with E-state index in [1.54, 1.807) is 0 Å². The van der Waals surface area contributed by atoms with Gasteiger partial charge in [-0.1, -0.05) is 20.8 Å². The number of nitrogens with zero attached hydrogens (tertiary/aromatic N) is 2. The smallest absolute Gasteiger partial charge is 0.108 e. The number of aryl methyl sites for hydroxylation is 2. The third-order valence-corrected chi connectivity index (χ3v) is 3.36. The number of aromatic nitrogens is 2. The highest BCUT2D eigenvalue weighted by atomic mass is 15.0. The van der Waals surface area contributed by atoms with Gasteiger partial charge in [-0.25, -0.2) is 4.98 Å². The van der Waals surface area contributed by atoms with E-state index in [1.807, 2.05) is 12.4 Å². The molecule has 0 amide bonds. The zero-order valence-electron chi connectivity index (χ0n) is 12.0. The van der Waals surface area contributed by atoms with Gasteiger partial charge in [-0.2, -0.15) is 0 Å². The van der Waals surface area contributed by atoms with Crippen molar-refractivity contribution in [3.05, 3.63) is 18.2 Å². The lowest BCUT2D eigenvalue weighted by Gasteiger charge is -2.28. The highest BCUT2D eigenvalue weighted by molar-refractivity contribution is 4.92. The summed E-state index contributed by atoms with van der Waals surface area (Å²) in [6, 6.07) is 0.594. The van der Waals surface area contributed by atoms with Crippen molar-refractivity contribution in [3.8, 4) is 0 Å². The van der Waals surface area contributed by atoms with Crippen molar-refractivity contribution in [1.82, 2.24) is 14.9 Å². The van der Waals surface area contributed by atoms with Crippen LogP contribution in [-0.4, -0.2) is 22.1 Å². The third-order valence-electron chi connectivity index (χ3n) is 3.36. The SMILES string of the molecule is CCNC(C)CC(C)(C)CCc1nccn1C. The van der Waals surface area contributed by atoms with Crippen LogP contribution in [0.2, 0.25) is 0 Å². The van der Waals surface area contributed by atoms with Crippen LogP contribution in [0.5, 0.6) is 0 Å². The van der Waals surface area contributed by atoms with E-state index in [1.165, 1.54) is 18.7 Å². The van der Waals surface area contributed by atoms with Crippen LogP contribution >= 0.6 is 0 Å². The molecule has 1 aromatic heterocycles. The molecule has 1 N–H and O–H groups in total. The molecule has 17 heavy (non-hydrogen) atoms. The Balaban J connectivity index is 2.41. The lowest BCUT2D eigenvalue weighted by molar-refractivity contribution is 0.267. The summed E-state index contributed by atoms with van der Waals surface area (Å²) in [4.78, 5) is 4.38. The third kappa shape index (κ3) is 4.90. The van der Waals surface area contributed by atoms with Gasteiger partial charge in [0.15, 0.2) is 0 Å². The molecule has 1 unspecified atom stereocenters. The molecular formula is C14H27N3. The van der Waals surface area contributed by atoms with Crippen molar-refractivity contribution in [3.63, 3.8) is 0 Å². The maximum Gasteiger partial charge on any atom is 0.108 e. The maximum absolute atomic E-state index is 4.38. The average molecular weight is 237 g/mol. The zero-order chi connectivity index (χ0) is 12.9. The van der Waals surface area contributed by atoms with Crippen LogP contribution in [0.3, 0.4) is 0 Å². The average Bonchev–Trinajstić information content (AvgIpc) is 2.60. The summed E-state index contributed by atoms with van der Waals surface area (Å²) in [5.41, 5.74) is 0.369. The molecule has 1 rings (SSSR count). The predicted octanol–water partition coefficient (Wildman–Crippen LogP) is 2.77. The van der Waals surface area contributed by atoms with Crippen LogP contribution in [0.1, 0.15) is 46.4 Å². The number of imidazole rings is 1. The van der Waals surface area contributed by atoms with E-state index in [-0.39, 0.29) is 0 Å². The molecule has 3 heteroatoms. The van der Waals surface area contributed by atoms with Crippen molar-refractivity contribution < 1.29 is 0 Å². The molecule has 0 radical (unpaired) electrons. The fourth-order valence-corrected chi connectivity index (χ4v) is 2.44. The van der Waals surface area contributed by atoms with Crippen LogP contribution in [-0.2, 0) is 13.5 Å². The van der Waals surface area contributed by atoms with Crippen molar-refractivity contribution in [2.75, 3.05) is 6.54 Å². The summed E-state index contributed by atoms with van der Waals surface area (Å²) in [6.45, 7) is 10.2. The highest BCUT2D eigenvalue weighted by Crippen LogP contribution is 2.28. The van der Waals surface area contributed by atoms with E-state index in [9.17, 15) is 0 Å². The lowest BCUT2D eigenvalue weighted by Crippen LogP contribution is -2.31. The van der Waals surface area contributed by atoms with E-state index in [0.717, 1.165) is 13.0 Å². The van der Waals surface area contributed by atoms with Gasteiger partial charge in [-0.3, -0.25) is 0 Å². The van der Waals surface area contributed by atoms with E-state index < -0.39 is 0 Å². The standard InChI is InChI=1S/C14H27N3/c1-6-15-12(2)11-14(3,4)8-7-13-16-9-10-17(13)5/h9-10,12,15H,6-8,11H2,1-5H3. The minimum atomic E-state index is 0.369. The first-order chi connectivity index (χ1) is 7.94. The zero-order valence-corrected chi connectivity index (χ0v) is 12.0. The molecule has 0 aromatic carbocycles. The Kier molecular flexibility index (Phi) is 5.19. The molecule has 3 nitrogen and oxygen atoms in total. The Morgan fingerprint density at radius 3 is 2.71 bits per heavy atom. The summed E-state index contributed by atoms with van der Waals surface area (Å²) >= 11 is 0. The quantitative estimate of drug-likeness (QED) is 0.790. The Morgan fingerprint density at radius 2 is 2.18 bits per heavy atom. The van der Waals surface area contributed by atoms with Crippen LogP contribution in [0.15, 0.2) is 12.4 Å². The summed E-state index contributed by atoms with van der Waals surface area (Å²) in [6.07, 6.45) is 7.36. The number of hydrogen-bond donors (Lipinski definition) is 1. The monoisotopic (exact) mass is 237 g/mol. The van der Waals surface area contributed by atoms with Gasteiger partial charge in [-0.05, 0) is 31.7 Å². The molecule has 0 aliphatic rings. The van der Waals surface area contributed by atoms with E-state index in [4.69, 9.17) is 0 Å². The van der Waals surface area contributed by atoms with Crippen LogP contribution < -0.4 is 5.32 Å². The van der Waals surface area contributed by atoms with Gasteiger partial charge in [0.2, 0.25) is 0 Å². The van der Waals surface area contributed by atoms with Gasteiger partial charge < -0.3 is 9.88 Å². The molecule has 0 saturated heterocycles. The van der Waals surface area contributed by atoms with E-state index in [0.29, 0.717) is 11.5 Å². The van der Waals surface area contributed by atoms with Crippen LogP contribution in [0.25, 0.3) is 0 Å². The van der Waals surface area contributed by atoms with Gasteiger partial charge in [-0.15, -0.1) is 0 Å².